The molecule has 10 aromatic rings. The molecule has 12 rings (SSSR count). The second-order valence-electron chi connectivity index (χ2n) is 14.0. The Morgan fingerprint density at radius 2 is 1.25 bits per heavy atom. The van der Waals surface area contributed by atoms with Crippen molar-refractivity contribution in [2.75, 3.05) is 6.54 Å². The molecule has 2 N–H and O–H groups in total. The van der Waals surface area contributed by atoms with Crippen molar-refractivity contribution >= 4 is 88.0 Å². The largest absolute Gasteiger partial charge is 0.367 e. The van der Waals surface area contributed by atoms with Crippen molar-refractivity contribution in [1.29, 1.82) is 0 Å². The number of para-hydroxylation sites is 2. The summed E-state index contributed by atoms with van der Waals surface area (Å²) in [5.74, 6) is 1.96. The van der Waals surface area contributed by atoms with E-state index >= 15 is 0 Å². The topological polar surface area (TPSA) is 45.8 Å². The van der Waals surface area contributed by atoms with Crippen LogP contribution in [-0.4, -0.2) is 21.3 Å². The lowest BCUT2D eigenvalue weighted by Crippen LogP contribution is -2.37. The first kappa shape index (κ1) is 27.9. The monoisotopic (exact) mass is 665 g/mol. The van der Waals surface area contributed by atoms with Gasteiger partial charge in [0.2, 0.25) is 0 Å². The standard InChI is InChI=1S/C47H31N5/c1-2-12-29(13-3-1)45-34-15-6-7-19-36(34)49-47(50-45)30-24-26-41(48-27-30)51-37-20-9-16-32-33-17-8-18-35-42-31-14-5-4-11-28(31)23-25-40(42)52(46(33)35)39-22-10-21-38(51)44(39)43(32)37/h1-26,45,48H,27H2,(H,49,50). The highest BCUT2D eigenvalue weighted by Gasteiger charge is 2.27. The van der Waals surface area contributed by atoms with Crippen molar-refractivity contribution in [3.63, 3.8) is 0 Å². The van der Waals surface area contributed by atoms with Gasteiger partial charge in [0.25, 0.3) is 0 Å². The summed E-state index contributed by atoms with van der Waals surface area (Å²) in [6.07, 6.45) is 4.45. The number of allylic oxidation sites excluding steroid dienone is 2. The van der Waals surface area contributed by atoms with E-state index in [1.54, 1.807) is 0 Å². The molecule has 52 heavy (non-hydrogen) atoms. The van der Waals surface area contributed by atoms with E-state index in [2.05, 4.69) is 177 Å². The molecule has 2 aliphatic rings. The number of rotatable bonds is 3. The lowest BCUT2D eigenvalue weighted by molar-refractivity contribution is 0.743. The van der Waals surface area contributed by atoms with E-state index in [1.807, 2.05) is 0 Å². The van der Waals surface area contributed by atoms with Crippen LogP contribution < -0.4 is 10.6 Å². The number of fused-ring (bicyclic) bond motifs is 8. The van der Waals surface area contributed by atoms with Gasteiger partial charge >= 0.3 is 0 Å². The maximum atomic E-state index is 5.11. The SMILES string of the molecule is C1=C(C2=Nc3ccccc3C(c3ccccc3)N2)CNC(n2c3cccc4c5cccc6c7c8ccccc8ccc7n(c7cccc2c7c43)c56)=C1. The van der Waals surface area contributed by atoms with E-state index in [0.717, 1.165) is 22.9 Å². The normalized spacial score (nSPS) is 16.1. The first-order chi connectivity index (χ1) is 25.8. The maximum Gasteiger partial charge on any atom is 0.132 e. The summed E-state index contributed by atoms with van der Waals surface area (Å²) in [6.45, 7) is 0.653. The van der Waals surface area contributed by atoms with Crippen molar-refractivity contribution in [3.8, 4) is 0 Å². The molecule has 7 aromatic carbocycles. The summed E-state index contributed by atoms with van der Waals surface area (Å²) < 4.78 is 4.93. The first-order valence-electron chi connectivity index (χ1n) is 18.0. The summed E-state index contributed by atoms with van der Waals surface area (Å²) in [6, 6.07) is 52.9. The summed E-state index contributed by atoms with van der Waals surface area (Å²) in [4.78, 5) is 5.11. The molecule has 5 heteroatoms. The molecule has 0 saturated heterocycles. The van der Waals surface area contributed by atoms with E-state index in [9.17, 15) is 0 Å². The summed E-state index contributed by atoms with van der Waals surface area (Å²) in [5.41, 5.74) is 10.7. The minimum Gasteiger partial charge on any atom is -0.367 e. The second kappa shape index (κ2) is 10.3. The number of aromatic nitrogens is 2. The van der Waals surface area contributed by atoms with Crippen LogP contribution in [0.5, 0.6) is 0 Å². The van der Waals surface area contributed by atoms with Gasteiger partial charge in [-0.15, -0.1) is 0 Å². The molecule has 0 aliphatic carbocycles. The van der Waals surface area contributed by atoms with E-state index in [0.29, 0.717) is 6.54 Å². The molecule has 0 bridgehead atoms. The fourth-order valence-corrected chi connectivity index (χ4v) is 9.14. The number of nitrogens with one attached hydrogen (secondary N) is 2. The number of amidine groups is 1. The van der Waals surface area contributed by atoms with Gasteiger partial charge in [-0.25, -0.2) is 4.99 Å². The van der Waals surface area contributed by atoms with Crippen LogP contribution in [-0.2, 0) is 0 Å². The minimum absolute atomic E-state index is 0.0352. The van der Waals surface area contributed by atoms with Gasteiger partial charge in [-0.3, -0.25) is 4.57 Å². The lowest BCUT2D eigenvalue weighted by Gasteiger charge is -2.29. The van der Waals surface area contributed by atoms with Gasteiger partial charge in [-0.2, -0.15) is 0 Å². The van der Waals surface area contributed by atoms with E-state index in [-0.39, 0.29) is 6.04 Å². The molecule has 5 nitrogen and oxygen atoms in total. The lowest BCUT2D eigenvalue weighted by atomic mass is 9.95. The van der Waals surface area contributed by atoms with E-state index in [4.69, 9.17) is 4.99 Å². The van der Waals surface area contributed by atoms with Crippen LogP contribution in [0.15, 0.2) is 168 Å². The average Bonchev–Trinajstić information content (AvgIpc) is 3.70. The molecule has 0 spiro atoms. The first-order valence-corrected chi connectivity index (χ1v) is 18.0. The molecular weight excluding hydrogens is 635 g/mol. The molecule has 0 radical (unpaired) electrons. The van der Waals surface area contributed by atoms with Crippen molar-refractivity contribution in [2.24, 2.45) is 4.99 Å². The molecular formula is C47H31N5. The number of nitrogens with zero attached hydrogens (tertiary/aromatic N) is 3. The average molecular weight is 666 g/mol. The Bertz CT molecular complexity index is 3210. The Morgan fingerprint density at radius 1 is 0.538 bits per heavy atom. The summed E-state index contributed by atoms with van der Waals surface area (Å²) in [7, 11) is 0. The van der Waals surface area contributed by atoms with Crippen molar-refractivity contribution in [1.82, 2.24) is 19.6 Å². The molecule has 0 fully saturated rings. The smallest absolute Gasteiger partial charge is 0.132 e. The van der Waals surface area contributed by atoms with Gasteiger partial charge in [-0.1, -0.05) is 115 Å². The predicted molar refractivity (Wildman–Crippen MR) is 217 cm³/mol. The molecule has 2 aliphatic heterocycles. The Kier molecular flexibility index (Phi) is 5.55. The van der Waals surface area contributed by atoms with Crippen LogP contribution in [0.4, 0.5) is 5.69 Å². The quantitative estimate of drug-likeness (QED) is 0.197. The van der Waals surface area contributed by atoms with Gasteiger partial charge < -0.3 is 15.0 Å². The third kappa shape index (κ3) is 3.69. The highest BCUT2D eigenvalue weighted by molar-refractivity contribution is 6.33. The number of dihydropyridines is 1. The van der Waals surface area contributed by atoms with Crippen LogP contribution in [0.2, 0.25) is 0 Å². The number of aliphatic imine (C=N–C) groups is 1. The summed E-state index contributed by atoms with van der Waals surface area (Å²) in [5, 5.41) is 17.9. The zero-order chi connectivity index (χ0) is 33.9. The summed E-state index contributed by atoms with van der Waals surface area (Å²) >= 11 is 0. The fourth-order valence-electron chi connectivity index (χ4n) is 9.14. The van der Waals surface area contributed by atoms with E-state index in [1.165, 1.54) is 81.8 Å². The Morgan fingerprint density at radius 3 is 2.15 bits per heavy atom. The Balaban J connectivity index is 1.09. The van der Waals surface area contributed by atoms with Gasteiger partial charge in [0, 0.05) is 44.6 Å². The van der Waals surface area contributed by atoms with Crippen LogP contribution in [0.25, 0.3) is 76.5 Å². The Labute approximate surface area is 298 Å². The second-order valence-corrected chi connectivity index (χ2v) is 14.0. The molecule has 0 amide bonds. The zero-order valence-electron chi connectivity index (χ0n) is 28.1. The highest BCUT2D eigenvalue weighted by atomic mass is 15.2. The van der Waals surface area contributed by atoms with Crippen LogP contribution >= 0.6 is 0 Å². The van der Waals surface area contributed by atoms with Gasteiger partial charge in [0.05, 0.1) is 39.3 Å². The predicted octanol–water partition coefficient (Wildman–Crippen LogP) is 10.8. The van der Waals surface area contributed by atoms with Gasteiger partial charge in [0.1, 0.15) is 11.7 Å². The molecule has 1 unspecified atom stereocenters. The van der Waals surface area contributed by atoms with Crippen LogP contribution in [0, 0.1) is 0 Å². The van der Waals surface area contributed by atoms with Crippen molar-refractivity contribution in [3.05, 3.63) is 174 Å². The third-order valence-electron chi connectivity index (χ3n) is 11.3. The van der Waals surface area contributed by atoms with Gasteiger partial charge in [0.15, 0.2) is 0 Å². The maximum absolute atomic E-state index is 5.11. The van der Waals surface area contributed by atoms with Crippen molar-refractivity contribution in [2.45, 2.75) is 6.04 Å². The molecule has 244 valence electrons. The number of hydrogen-bond acceptors (Lipinski definition) is 3. The van der Waals surface area contributed by atoms with Crippen LogP contribution in [0.3, 0.4) is 0 Å². The third-order valence-corrected chi connectivity index (χ3v) is 11.3. The molecule has 1 atom stereocenters. The molecule has 3 aromatic heterocycles. The minimum atomic E-state index is 0.0352. The number of benzene rings is 7. The zero-order valence-corrected chi connectivity index (χ0v) is 28.1. The fraction of sp³-hybridized carbons (Fsp3) is 0.0426. The van der Waals surface area contributed by atoms with Gasteiger partial charge in [-0.05, 0) is 64.2 Å². The number of hydrogen-bond donors (Lipinski definition) is 2. The molecule has 0 saturated carbocycles. The Hall–Kier alpha value is -6.85. The highest BCUT2D eigenvalue weighted by Crippen LogP contribution is 2.45. The van der Waals surface area contributed by atoms with Crippen molar-refractivity contribution < 1.29 is 0 Å². The van der Waals surface area contributed by atoms with Crippen LogP contribution in [0.1, 0.15) is 17.2 Å². The van der Waals surface area contributed by atoms with E-state index < -0.39 is 0 Å². The molecule has 5 heterocycles.